The lowest BCUT2D eigenvalue weighted by Gasteiger charge is -2.11. The Hall–Kier alpha value is -4.50. The van der Waals surface area contributed by atoms with E-state index in [1.54, 1.807) is 24.4 Å². The van der Waals surface area contributed by atoms with Gasteiger partial charge in [0.2, 0.25) is 0 Å². The number of carbonyl (C=O) groups excluding carboxylic acids is 1. The molecule has 0 saturated carbocycles. The molecular formula is C32H27F2N5OS. The molecule has 0 radical (unpaired) electrons. The van der Waals surface area contributed by atoms with Crippen LogP contribution in [-0.4, -0.2) is 31.1 Å². The molecule has 41 heavy (non-hydrogen) atoms. The van der Waals surface area contributed by atoms with Crippen molar-refractivity contribution in [3.05, 3.63) is 107 Å². The Morgan fingerprint density at radius 3 is 2.44 bits per heavy atom. The molecule has 6 rings (SSSR count). The third kappa shape index (κ3) is 4.86. The number of aromatic nitrogens is 4. The summed E-state index contributed by atoms with van der Waals surface area (Å²) in [5.74, 6) is -0.939. The summed E-state index contributed by atoms with van der Waals surface area (Å²) in [6.07, 6.45) is 4.47. The van der Waals surface area contributed by atoms with Crippen LogP contribution in [0.3, 0.4) is 0 Å². The highest BCUT2D eigenvalue weighted by Gasteiger charge is 2.23. The van der Waals surface area contributed by atoms with Gasteiger partial charge in [-0.15, -0.1) is 0 Å². The van der Waals surface area contributed by atoms with Crippen molar-refractivity contribution >= 4 is 45.4 Å². The van der Waals surface area contributed by atoms with Crippen molar-refractivity contribution in [3.63, 3.8) is 0 Å². The number of benzene rings is 2. The highest BCUT2D eigenvalue weighted by molar-refractivity contribution is 8.00. The fourth-order valence-corrected chi connectivity index (χ4v) is 5.63. The average Bonchev–Trinajstić information content (AvgIpc) is 3.52. The molecule has 6 aromatic rings. The number of halogens is 2. The summed E-state index contributed by atoms with van der Waals surface area (Å²) >= 11 is 1.31. The minimum absolute atomic E-state index is 0.0805. The van der Waals surface area contributed by atoms with Gasteiger partial charge in [-0.25, -0.2) is 18.7 Å². The van der Waals surface area contributed by atoms with E-state index in [-0.39, 0.29) is 11.3 Å². The van der Waals surface area contributed by atoms with Crippen molar-refractivity contribution in [1.82, 2.24) is 19.5 Å². The van der Waals surface area contributed by atoms with Crippen molar-refractivity contribution in [1.29, 1.82) is 0 Å². The van der Waals surface area contributed by atoms with E-state index >= 15 is 4.39 Å². The largest absolute Gasteiger partial charge is 0.339 e. The molecule has 0 aliphatic rings. The lowest BCUT2D eigenvalue weighted by molar-refractivity contribution is 0.103. The first-order valence-corrected chi connectivity index (χ1v) is 14.3. The Balaban J connectivity index is 1.36. The number of pyridine rings is 2. The van der Waals surface area contributed by atoms with Crippen molar-refractivity contribution in [3.8, 4) is 16.9 Å². The van der Waals surface area contributed by atoms with Crippen LogP contribution >= 0.6 is 11.9 Å². The summed E-state index contributed by atoms with van der Waals surface area (Å²) in [5, 5.41) is 1.53. The number of H-pyrrole nitrogens is 1. The first-order chi connectivity index (χ1) is 19.9. The predicted molar refractivity (Wildman–Crippen MR) is 162 cm³/mol. The summed E-state index contributed by atoms with van der Waals surface area (Å²) in [6, 6.07) is 17.4. The molecule has 0 aliphatic heterocycles. The lowest BCUT2D eigenvalue weighted by atomic mass is 9.99. The molecule has 0 spiro atoms. The minimum Gasteiger partial charge on any atom is -0.339 e. The Morgan fingerprint density at radius 1 is 0.927 bits per heavy atom. The quantitative estimate of drug-likeness (QED) is 0.110. The van der Waals surface area contributed by atoms with Crippen LogP contribution in [0.2, 0.25) is 0 Å². The van der Waals surface area contributed by atoms with Gasteiger partial charge in [0.05, 0.1) is 11.3 Å². The lowest BCUT2D eigenvalue weighted by Crippen LogP contribution is -2.09. The number of carbonyl (C=O) groups is 1. The van der Waals surface area contributed by atoms with E-state index in [1.807, 2.05) is 45.2 Å². The summed E-state index contributed by atoms with van der Waals surface area (Å²) in [7, 11) is 0. The van der Waals surface area contributed by atoms with E-state index in [2.05, 4.69) is 36.4 Å². The number of ketones is 1. The first-order valence-electron chi connectivity index (χ1n) is 13.3. The van der Waals surface area contributed by atoms with Crippen molar-refractivity contribution in [2.24, 2.45) is 0 Å². The van der Waals surface area contributed by atoms with Gasteiger partial charge in [-0.1, -0.05) is 18.9 Å². The summed E-state index contributed by atoms with van der Waals surface area (Å²) in [5.41, 5.74) is 5.05. The molecule has 6 nitrogen and oxygen atoms in total. The SMILES string of the molecule is CCCSNc1ccc(F)c(C(=O)c2ccc3[nH]c4ncc(-c5ccc(-n6c(C)ccc6C)nc5)cc4c3c2)c1F. The number of aromatic amines is 1. The van der Waals surface area contributed by atoms with Gasteiger partial charge in [-0.3, -0.25) is 4.79 Å². The van der Waals surface area contributed by atoms with E-state index in [0.717, 1.165) is 62.9 Å². The molecule has 4 heterocycles. The summed E-state index contributed by atoms with van der Waals surface area (Å²) in [6.45, 7) is 6.09. The Kier molecular flexibility index (Phi) is 7.05. The van der Waals surface area contributed by atoms with Gasteiger partial charge in [0.15, 0.2) is 11.6 Å². The minimum atomic E-state index is -0.900. The molecule has 0 bridgehead atoms. The second-order valence-electron chi connectivity index (χ2n) is 9.93. The second kappa shape index (κ2) is 10.8. The molecule has 9 heteroatoms. The van der Waals surface area contributed by atoms with Gasteiger partial charge in [-0.2, -0.15) is 0 Å². The molecule has 0 amide bonds. The monoisotopic (exact) mass is 567 g/mol. The Labute approximate surface area is 240 Å². The number of hydrogen-bond donors (Lipinski definition) is 2. The van der Waals surface area contributed by atoms with Crippen LogP contribution in [0.15, 0.2) is 73.1 Å². The zero-order valence-electron chi connectivity index (χ0n) is 22.8. The maximum absolute atomic E-state index is 15.2. The number of anilines is 1. The maximum atomic E-state index is 15.2. The molecule has 0 saturated heterocycles. The number of nitrogens with zero attached hydrogens (tertiary/aromatic N) is 3. The molecule has 0 aliphatic carbocycles. The molecular weight excluding hydrogens is 540 g/mol. The molecule has 4 aromatic heterocycles. The van der Waals surface area contributed by atoms with Crippen molar-refractivity contribution < 1.29 is 13.6 Å². The first kappa shape index (κ1) is 26.7. The fraction of sp³-hybridized carbons (Fsp3) is 0.156. The smallest absolute Gasteiger partial charge is 0.199 e. The van der Waals surface area contributed by atoms with Crippen LogP contribution in [-0.2, 0) is 0 Å². The molecule has 0 fully saturated rings. The maximum Gasteiger partial charge on any atom is 0.199 e. The third-order valence-corrected chi connectivity index (χ3v) is 8.08. The summed E-state index contributed by atoms with van der Waals surface area (Å²) < 4.78 is 35.0. The van der Waals surface area contributed by atoms with Crippen LogP contribution in [0.5, 0.6) is 0 Å². The molecule has 2 N–H and O–H groups in total. The number of aryl methyl sites for hydroxylation is 2. The number of rotatable bonds is 8. The van der Waals surface area contributed by atoms with Crippen LogP contribution in [0, 0.1) is 25.5 Å². The second-order valence-corrected chi connectivity index (χ2v) is 10.8. The van der Waals surface area contributed by atoms with E-state index in [9.17, 15) is 9.18 Å². The van der Waals surface area contributed by atoms with E-state index in [0.29, 0.717) is 5.65 Å². The van der Waals surface area contributed by atoms with Gasteiger partial charge >= 0.3 is 0 Å². The Bertz CT molecular complexity index is 1910. The van der Waals surface area contributed by atoms with Crippen LogP contribution in [0.1, 0.15) is 40.7 Å². The van der Waals surface area contributed by atoms with Crippen molar-refractivity contribution in [2.45, 2.75) is 27.2 Å². The molecule has 2 aromatic carbocycles. The van der Waals surface area contributed by atoms with Crippen molar-refractivity contribution in [2.75, 3.05) is 10.5 Å². The van der Waals surface area contributed by atoms with Crippen LogP contribution in [0.25, 0.3) is 38.9 Å². The van der Waals surface area contributed by atoms with Crippen LogP contribution in [0.4, 0.5) is 14.5 Å². The van der Waals surface area contributed by atoms with Gasteiger partial charge in [0.1, 0.15) is 17.3 Å². The van der Waals surface area contributed by atoms with Gasteiger partial charge in [0.25, 0.3) is 0 Å². The van der Waals surface area contributed by atoms with Gasteiger partial charge < -0.3 is 14.3 Å². The van der Waals surface area contributed by atoms with E-state index in [4.69, 9.17) is 0 Å². The summed E-state index contributed by atoms with van der Waals surface area (Å²) in [4.78, 5) is 25.9. The highest BCUT2D eigenvalue weighted by atomic mass is 32.2. The Morgan fingerprint density at radius 2 is 1.71 bits per heavy atom. The standard InChI is InChI=1S/C32H27F2N5OS/c1-4-13-41-38-27-11-9-25(33)29(30(27)34)31(40)20-7-10-26-23(14-20)24-15-22(17-36-32(24)37-26)21-8-12-28(35-16-21)39-18(2)5-6-19(39)3/h5-12,14-17,38H,4,13H2,1-3H3,(H,36,37). The number of nitrogens with one attached hydrogen (secondary N) is 2. The zero-order valence-corrected chi connectivity index (χ0v) is 23.6. The topological polar surface area (TPSA) is 75.6 Å². The number of hydrogen-bond acceptors (Lipinski definition) is 5. The normalized spacial score (nSPS) is 11.4. The van der Waals surface area contributed by atoms with E-state index in [1.165, 1.54) is 18.0 Å². The zero-order chi connectivity index (χ0) is 28.7. The van der Waals surface area contributed by atoms with Gasteiger partial charge in [0, 0.05) is 62.5 Å². The molecule has 0 unspecified atom stereocenters. The predicted octanol–water partition coefficient (Wildman–Crippen LogP) is 8.16. The van der Waals surface area contributed by atoms with E-state index < -0.39 is 23.0 Å². The third-order valence-electron chi connectivity index (χ3n) is 7.10. The van der Waals surface area contributed by atoms with Gasteiger partial charge in [-0.05, 0) is 80.9 Å². The average molecular weight is 568 g/mol. The highest BCUT2D eigenvalue weighted by Crippen LogP contribution is 2.31. The van der Waals surface area contributed by atoms with Crippen LogP contribution < -0.4 is 4.72 Å². The number of fused-ring (bicyclic) bond motifs is 3. The fourth-order valence-electron chi connectivity index (χ4n) is 5.01. The molecule has 0 atom stereocenters. The molecule has 206 valence electrons.